The van der Waals surface area contributed by atoms with Crippen molar-refractivity contribution < 1.29 is 19.4 Å². The molecule has 4 nitrogen and oxygen atoms in total. The number of rotatable bonds is 4. The molecular weight excluding hydrogens is 196 g/mol. The summed E-state index contributed by atoms with van der Waals surface area (Å²) in [4.78, 5) is 22.3. The molecule has 1 fully saturated rings. The molecule has 0 aromatic rings. The monoisotopic (exact) mass is 212 g/mol. The maximum absolute atomic E-state index is 11.7. The van der Waals surface area contributed by atoms with Crippen LogP contribution in [0.4, 0.5) is 0 Å². The zero-order valence-electron chi connectivity index (χ0n) is 9.08. The van der Waals surface area contributed by atoms with Gasteiger partial charge in [0.25, 0.3) is 0 Å². The fraction of sp³-hybridized carbons (Fsp3) is 0.636. The zero-order valence-corrected chi connectivity index (χ0v) is 9.08. The molecule has 0 bridgehead atoms. The maximum atomic E-state index is 11.7. The zero-order chi connectivity index (χ0) is 11.5. The standard InChI is InChI=1S/C11H16O4/c1-3-15-10(14)11(5-4-6-11)8(2)7-9(12)13/h7H,3-6H2,1-2H3,(H,12,13)/b8-7-. The Labute approximate surface area is 88.9 Å². The maximum Gasteiger partial charge on any atom is 0.328 e. The summed E-state index contributed by atoms with van der Waals surface area (Å²) in [5, 5.41) is 8.65. The minimum atomic E-state index is -1.01. The summed E-state index contributed by atoms with van der Waals surface area (Å²) in [7, 11) is 0. The molecule has 0 amide bonds. The molecule has 0 atom stereocenters. The van der Waals surface area contributed by atoms with E-state index in [0.717, 1.165) is 12.5 Å². The Bertz CT molecular complexity index is 300. The summed E-state index contributed by atoms with van der Waals surface area (Å²) >= 11 is 0. The number of carboxylic acid groups (broad SMARTS) is 1. The van der Waals surface area contributed by atoms with Crippen molar-refractivity contribution in [2.45, 2.75) is 33.1 Å². The molecule has 1 N–H and O–H groups in total. The van der Waals surface area contributed by atoms with Crippen molar-refractivity contribution in [2.75, 3.05) is 6.61 Å². The Morgan fingerprint density at radius 2 is 2.07 bits per heavy atom. The summed E-state index contributed by atoms with van der Waals surface area (Å²) in [6.07, 6.45) is 3.45. The third-order valence-corrected chi connectivity index (χ3v) is 2.97. The molecule has 1 aliphatic rings. The predicted molar refractivity (Wildman–Crippen MR) is 54.3 cm³/mol. The Morgan fingerprint density at radius 1 is 1.47 bits per heavy atom. The molecule has 1 aliphatic carbocycles. The molecule has 0 saturated heterocycles. The van der Waals surface area contributed by atoms with E-state index in [1.54, 1.807) is 13.8 Å². The van der Waals surface area contributed by atoms with E-state index in [9.17, 15) is 9.59 Å². The van der Waals surface area contributed by atoms with E-state index < -0.39 is 11.4 Å². The fourth-order valence-electron chi connectivity index (χ4n) is 1.88. The normalized spacial score (nSPS) is 19.2. The van der Waals surface area contributed by atoms with Gasteiger partial charge >= 0.3 is 11.9 Å². The largest absolute Gasteiger partial charge is 0.478 e. The SMILES string of the molecule is CCOC(=O)C1(/C(C)=C\C(=O)O)CCC1. The molecule has 1 saturated carbocycles. The van der Waals surface area contributed by atoms with Gasteiger partial charge in [-0.05, 0) is 32.3 Å². The second kappa shape index (κ2) is 4.47. The van der Waals surface area contributed by atoms with E-state index in [2.05, 4.69) is 0 Å². The van der Waals surface area contributed by atoms with E-state index >= 15 is 0 Å². The smallest absolute Gasteiger partial charge is 0.328 e. The van der Waals surface area contributed by atoms with Crippen LogP contribution in [0.3, 0.4) is 0 Å². The van der Waals surface area contributed by atoms with Gasteiger partial charge in [-0.1, -0.05) is 6.42 Å². The molecule has 1 rings (SSSR count). The van der Waals surface area contributed by atoms with Gasteiger partial charge in [-0.25, -0.2) is 4.79 Å². The number of hydrogen-bond acceptors (Lipinski definition) is 3. The molecule has 0 heterocycles. The number of hydrogen-bond donors (Lipinski definition) is 1. The van der Waals surface area contributed by atoms with Crippen molar-refractivity contribution in [3.63, 3.8) is 0 Å². The lowest BCUT2D eigenvalue weighted by Gasteiger charge is -2.39. The van der Waals surface area contributed by atoms with Crippen LogP contribution in [-0.2, 0) is 14.3 Å². The lowest BCUT2D eigenvalue weighted by atomic mass is 9.64. The molecular formula is C11H16O4. The van der Waals surface area contributed by atoms with Crippen LogP contribution >= 0.6 is 0 Å². The number of carbonyl (C=O) groups is 2. The molecule has 0 aromatic carbocycles. The van der Waals surface area contributed by atoms with E-state index in [-0.39, 0.29) is 5.97 Å². The van der Waals surface area contributed by atoms with Crippen molar-refractivity contribution in [1.29, 1.82) is 0 Å². The van der Waals surface area contributed by atoms with Gasteiger partial charge in [0, 0.05) is 6.08 Å². The number of carbonyl (C=O) groups excluding carboxylic acids is 1. The van der Waals surface area contributed by atoms with Crippen LogP contribution in [0, 0.1) is 5.41 Å². The van der Waals surface area contributed by atoms with E-state index in [1.807, 2.05) is 0 Å². The number of ether oxygens (including phenoxy) is 1. The van der Waals surface area contributed by atoms with Crippen LogP contribution < -0.4 is 0 Å². The predicted octanol–water partition coefficient (Wildman–Crippen LogP) is 1.75. The van der Waals surface area contributed by atoms with Crippen LogP contribution in [0.1, 0.15) is 33.1 Å². The van der Waals surface area contributed by atoms with Gasteiger partial charge < -0.3 is 9.84 Å². The van der Waals surface area contributed by atoms with E-state index in [1.165, 1.54) is 0 Å². The summed E-state index contributed by atoms with van der Waals surface area (Å²) in [5.74, 6) is -1.30. The third-order valence-electron chi connectivity index (χ3n) is 2.97. The molecule has 4 heteroatoms. The molecule has 0 spiro atoms. The van der Waals surface area contributed by atoms with Crippen LogP contribution in [0.15, 0.2) is 11.6 Å². The van der Waals surface area contributed by atoms with Crippen molar-refractivity contribution in [3.05, 3.63) is 11.6 Å². The van der Waals surface area contributed by atoms with Crippen LogP contribution in [0.2, 0.25) is 0 Å². The Morgan fingerprint density at radius 3 is 2.40 bits per heavy atom. The van der Waals surface area contributed by atoms with Crippen molar-refractivity contribution >= 4 is 11.9 Å². The second-order valence-electron chi connectivity index (χ2n) is 3.82. The molecule has 0 radical (unpaired) electrons. The van der Waals surface area contributed by atoms with Crippen LogP contribution in [0.5, 0.6) is 0 Å². The lowest BCUT2D eigenvalue weighted by molar-refractivity contribution is -0.157. The van der Waals surface area contributed by atoms with Crippen LogP contribution in [0.25, 0.3) is 0 Å². The van der Waals surface area contributed by atoms with Gasteiger partial charge in [0.05, 0.1) is 12.0 Å². The van der Waals surface area contributed by atoms with Crippen LogP contribution in [-0.4, -0.2) is 23.7 Å². The highest BCUT2D eigenvalue weighted by Crippen LogP contribution is 2.47. The van der Waals surface area contributed by atoms with E-state index in [0.29, 0.717) is 25.0 Å². The average molecular weight is 212 g/mol. The average Bonchev–Trinajstić information content (AvgIpc) is 2.00. The summed E-state index contributed by atoms with van der Waals surface area (Å²) in [6, 6.07) is 0. The molecule has 84 valence electrons. The Balaban J connectivity index is 2.85. The van der Waals surface area contributed by atoms with Gasteiger partial charge in [0.2, 0.25) is 0 Å². The van der Waals surface area contributed by atoms with Gasteiger partial charge in [-0.2, -0.15) is 0 Å². The lowest BCUT2D eigenvalue weighted by Crippen LogP contribution is -2.40. The van der Waals surface area contributed by atoms with Gasteiger partial charge in [-0.15, -0.1) is 0 Å². The Kier molecular flexibility index (Phi) is 3.50. The highest BCUT2D eigenvalue weighted by molar-refractivity contribution is 5.86. The Hall–Kier alpha value is -1.32. The first-order valence-electron chi connectivity index (χ1n) is 5.12. The van der Waals surface area contributed by atoms with Gasteiger partial charge in [0.1, 0.15) is 0 Å². The number of esters is 1. The number of carboxylic acids is 1. The molecule has 0 aromatic heterocycles. The first-order chi connectivity index (χ1) is 7.03. The topological polar surface area (TPSA) is 63.6 Å². The van der Waals surface area contributed by atoms with Gasteiger partial charge in [0.15, 0.2) is 0 Å². The third kappa shape index (κ3) is 2.19. The fourth-order valence-corrected chi connectivity index (χ4v) is 1.88. The molecule has 15 heavy (non-hydrogen) atoms. The molecule has 0 aliphatic heterocycles. The quantitative estimate of drug-likeness (QED) is 0.569. The highest BCUT2D eigenvalue weighted by Gasteiger charge is 2.47. The second-order valence-corrected chi connectivity index (χ2v) is 3.82. The minimum Gasteiger partial charge on any atom is -0.478 e. The minimum absolute atomic E-state index is 0.286. The van der Waals surface area contributed by atoms with E-state index in [4.69, 9.17) is 9.84 Å². The van der Waals surface area contributed by atoms with Gasteiger partial charge in [-0.3, -0.25) is 4.79 Å². The molecule has 0 unspecified atom stereocenters. The summed E-state index contributed by atoms with van der Waals surface area (Å²) < 4.78 is 4.98. The van der Waals surface area contributed by atoms with Crippen molar-refractivity contribution in [3.8, 4) is 0 Å². The first kappa shape index (κ1) is 11.8. The summed E-state index contributed by atoms with van der Waals surface area (Å²) in [5.41, 5.74) is -0.0614. The van der Waals surface area contributed by atoms with Crippen molar-refractivity contribution in [2.24, 2.45) is 5.41 Å². The summed E-state index contributed by atoms with van der Waals surface area (Å²) in [6.45, 7) is 3.77. The number of aliphatic carboxylic acids is 1. The first-order valence-corrected chi connectivity index (χ1v) is 5.12. The van der Waals surface area contributed by atoms with Crippen molar-refractivity contribution in [1.82, 2.24) is 0 Å². The highest BCUT2D eigenvalue weighted by atomic mass is 16.5.